The van der Waals surface area contributed by atoms with Crippen molar-refractivity contribution >= 4 is 21.9 Å². The molecule has 0 spiro atoms. The van der Waals surface area contributed by atoms with E-state index in [0.717, 1.165) is 27.5 Å². The zero-order valence-corrected chi connectivity index (χ0v) is 9.81. The molecule has 4 aromatic rings. The Hall–Kier alpha value is -2.69. The number of hydrogen-bond donors (Lipinski definition) is 2. The molecule has 2 aromatic carbocycles. The molecule has 2 heterocycles. The van der Waals surface area contributed by atoms with Gasteiger partial charge in [0.15, 0.2) is 5.82 Å². The Morgan fingerprint density at radius 1 is 0.947 bits per heavy atom. The largest absolute Gasteiger partial charge is 0.307 e. The molecular formula is C14H9FN4. The van der Waals surface area contributed by atoms with E-state index >= 15 is 0 Å². The zero-order valence-electron chi connectivity index (χ0n) is 9.81. The monoisotopic (exact) mass is 252 g/mol. The third kappa shape index (κ3) is 1.59. The van der Waals surface area contributed by atoms with Gasteiger partial charge in [-0.05, 0) is 36.4 Å². The van der Waals surface area contributed by atoms with Crippen molar-refractivity contribution < 1.29 is 4.39 Å². The van der Waals surface area contributed by atoms with Gasteiger partial charge < -0.3 is 10.2 Å². The van der Waals surface area contributed by atoms with Crippen LogP contribution in [0, 0.1) is 5.82 Å². The second-order valence-electron chi connectivity index (χ2n) is 4.40. The van der Waals surface area contributed by atoms with Gasteiger partial charge in [-0.25, -0.2) is 14.4 Å². The second-order valence-corrected chi connectivity index (χ2v) is 4.40. The highest BCUT2D eigenvalue weighted by atomic mass is 19.1. The Morgan fingerprint density at radius 3 is 2.47 bits per heavy atom. The highest BCUT2D eigenvalue weighted by Gasteiger charge is 2.08. The predicted octanol–water partition coefficient (Wildman–Crippen LogP) is 3.25. The van der Waals surface area contributed by atoms with Gasteiger partial charge in [0.1, 0.15) is 5.82 Å². The van der Waals surface area contributed by atoms with Crippen LogP contribution >= 0.6 is 0 Å². The average Bonchev–Trinajstić information content (AvgIpc) is 3.01. The molecular weight excluding hydrogens is 243 g/mol. The van der Waals surface area contributed by atoms with Crippen LogP contribution in [0.2, 0.25) is 0 Å². The van der Waals surface area contributed by atoms with Gasteiger partial charge in [0.2, 0.25) is 0 Å². The molecule has 0 atom stereocenters. The van der Waals surface area contributed by atoms with Crippen LogP contribution < -0.4 is 0 Å². The summed E-state index contributed by atoms with van der Waals surface area (Å²) in [5.74, 6) is 0.357. The number of aromatic amines is 2. The van der Waals surface area contributed by atoms with Crippen LogP contribution in [0.4, 0.5) is 4.39 Å². The molecule has 92 valence electrons. The summed E-state index contributed by atoms with van der Waals surface area (Å²) >= 11 is 0. The van der Waals surface area contributed by atoms with Gasteiger partial charge >= 0.3 is 0 Å². The molecule has 0 aliphatic heterocycles. The first-order valence-electron chi connectivity index (χ1n) is 5.89. The predicted molar refractivity (Wildman–Crippen MR) is 71.1 cm³/mol. The van der Waals surface area contributed by atoms with Crippen molar-refractivity contribution in [3.8, 4) is 11.4 Å². The van der Waals surface area contributed by atoms with E-state index < -0.39 is 0 Å². The van der Waals surface area contributed by atoms with E-state index in [-0.39, 0.29) is 5.82 Å². The van der Waals surface area contributed by atoms with Gasteiger partial charge in [-0.2, -0.15) is 0 Å². The number of halogens is 1. The molecule has 0 aliphatic carbocycles. The minimum atomic E-state index is -0.260. The molecule has 2 N–H and O–H groups in total. The first-order chi connectivity index (χ1) is 9.29. The number of nitrogens with one attached hydrogen (secondary N) is 2. The second kappa shape index (κ2) is 3.65. The number of fused-ring (bicyclic) bond motifs is 2. The lowest BCUT2D eigenvalue weighted by Gasteiger charge is -1.93. The molecule has 0 bridgehead atoms. The Morgan fingerprint density at radius 2 is 1.68 bits per heavy atom. The molecule has 0 saturated carbocycles. The van der Waals surface area contributed by atoms with E-state index in [1.54, 1.807) is 12.1 Å². The lowest BCUT2D eigenvalue weighted by molar-refractivity contribution is 0.628. The SMILES string of the molecule is Fc1ccc(-c2nc3cc4c[nH][nH]c4cc3n2)cc1. The van der Waals surface area contributed by atoms with Crippen molar-refractivity contribution in [1.29, 1.82) is 0 Å². The van der Waals surface area contributed by atoms with Crippen molar-refractivity contribution in [2.24, 2.45) is 0 Å². The molecule has 4 nitrogen and oxygen atoms in total. The Balaban J connectivity index is 1.93. The standard InChI is InChI=1S/C14H9FN4/c15-10-3-1-8(2-4-10)14-17-12-5-9-7-16-19-11(9)6-13(12)18-14/h1-7,16,19H. The van der Waals surface area contributed by atoms with Crippen LogP contribution in [0.25, 0.3) is 33.3 Å². The smallest absolute Gasteiger partial charge is 0.160 e. The van der Waals surface area contributed by atoms with E-state index in [9.17, 15) is 4.39 Å². The van der Waals surface area contributed by atoms with Gasteiger partial charge in [0.05, 0.1) is 16.6 Å². The number of imidazole rings is 1. The first kappa shape index (κ1) is 10.3. The minimum absolute atomic E-state index is 0.260. The fraction of sp³-hybridized carbons (Fsp3) is 0. The lowest BCUT2D eigenvalue weighted by atomic mass is 10.2. The summed E-state index contributed by atoms with van der Waals surface area (Å²) < 4.78 is 12.9. The van der Waals surface area contributed by atoms with Crippen molar-refractivity contribution in [3.63, 3.8) is 0 Å². The van der Waals surface area contributed by atoms with E-state index in [0.29, 0.717) is 5.82 Å². The molecule has 5 heteroatoms. The maximum absolute atomic E-state index is 12.9. The number of H-pyrrole nitrogens is 2. The molecule has 19 heavy (non-hydrogen) atoms. The molecule has 0 unspecified atom stereocenters. The quantitative estimate of drug-likeness (QED) is 0.546. The maximum atomic E-state index is 12.9. The van der Waals surface area contributed by atoms with Gasteiger partial charge in [-0.3, -0.25) is 0 Å². The summed E-state index contributed by atoms with van der Waals surface area (Å²) in [6, 6.07) is 10.1. The Bertz CT molecular complexity index is 825. The van der Waals surface area contributed by atoms with Crippen LogP contribution in [0.15, 0.2) is 42.6 Å². The summed E-state index contributed by atoms with van der Waals surface area (Å²) in [5.41, 5.74) is 3.45. The van der Waals surface area contributed by atoms with Crippen LogP contribution in [0.3, 0.4) is 0 Å². The van der Waals surface area contributed by atoms with E-state index in [1.807, 2.05) is 18.3 Å². The summed E-state index contributed by atoms with van der Waals surface area (Å²) in [5, 5.41) is 7.01. The molecule has 0 amide bonds. The van der Waals surface area contributed by atoms with E-state index in [4.69, 9.17) is 0 Å². The number of rotatable bonds is 1. The summed E-state index contributed by atoms with van der Waals surface area (Å²) in [6.45, 7) is 0. The fourth-order valence-corrected chi connectivity index (χ4v) is 2.17. The maximum Gasteiger partial charge on any atom is 0.160 e. The highest BCUT2D eigenvalue weighted by molar-refractivity contribution is 5.93. The van der Waals surface area contributed by atoms with Gasteiger partial charge in [0.25, 0.3) is 0 Å². The van der Waals surface area contributed by atoms with E-state index in [1.165, 1.54) is 12.1 Å². The topological polar surface area (TPSA) is 57.4 Å². The van der Waals surface area contributed by atoms with Crippen LogP contribution in [0.5, 0.6) is 0 Å². The third-order valence-corrected chi connectivity index (χ3v) is 3.14. The Kier molecular flexibility index (Phi) is 1.97. The highest BCUT2D eigenvalue weighted by Crippen LogP contribution is 2.24. The van der Waals surface area contributed by atoms with Gasteiger partial charge in [-0.15, -0.1) is 0 Å². The molecule has 4 rings (SSSR count). The summed E-state index contributed by atoms with van der Waals surface area (Å²) in [6.07, 6.45) is 1.88. The van der Waals surface area contributed by atoms with Gasteiger partial charge in [-0.1, -0.05) is 0 Å². The number of nitrogens with zero attached hydrogens (tertiary/aromatic N) is 2. The lowest BCUT2D eigenvalue weighted by Crippen LogP contribution is -1.80. The minimum Gasteiger partial charge on any atom is -0.307 e. The third-order valence-electron chi connectivity index (χ3n) is 3.14. The molecule has 0 aliphatic rings. The number of hydrogen-bond acceptors (Lipinski definition) is 2. The van der Waals surface area contributed by atoms with E-state index in [2.05, 4.69) is 20.2 Å². The van der Waals surface area contributed by atoms with Crippen LogP contribution in [-0.2, 0) is 0 Å². The first-order valence-corrected chi connectivity index (χ1v) is 5.89. The molecule has 0 fully saturated rings. The summed E-state index contributed by atoms with van der Waals surface area (Å²) in [7, 11) is 0. The normalized spacial score (nSPS) is 11.4. The van der Waals surface area contributed by atoms with Crippen molar-refractivity contribution in [2.75, 3.05) is 0 Å². The molecule has 0 saturated heterocycles. The van der Waals surface area contributed by atoms with Crippen molar-refractivity contribution in [3.05, 3.63) is 48.4 Å². The van der Waals surface area contributed by atoms with Crippen molar-refractivity contribution in [1.82, 2.24) is 20.2 Å². The molecule has 2 aromatic heterocycles. The van der Waals surface area contributed by atoms with Gasteiger partial charge in [0, 0.05) is 17.1 Å². The fourth-order valence-electron chi connectivity index (χ4n) is 2.17. The number of aromatic nitrogens is 4. The Labute approximate surface area is 107 Å². The van der Waals surface area contributed by atoms with Crippen LogP contribution in [-0.4, -0.2) is 20.2 Å². The average molecular weight is 252 g/mol. The van der Waals surface area contributed by atoms with Crippen molar-refractivity contribution in [2.45, 2.75) is 0 Å². The van der Waals surface area contributed by atoms with Crippen LogP contribution in [0.1, 0.15) is 0 Å². The summed E-state index contributed by atoms with van der Waals surface area (Å²) in [4.78, 5) is 8.96. The number of benzene rings is 2. The zero-order chi connectivity index (χ0) is 12.8. The molecule has 0 radical (unpaired) electrons.